The van der Waals surface area contributed by atoms with Crippen LogP contribution in [0.15, 0.2) is 28.3 Å². The van der Waals surface area contributed by atoms with E-state index in [1.165, 1.54) is 19.3 Å². The van der Waals surface area contributed by atoms with Crippen molar-refractivity contribution in [2.24, 2.45) is 0 Å². The van der Waals surface area contributed by atoms with Crippen LogP contribution >= 0.6 is 11.8 Å². The average Bonchev–Trinajstić information content (AvgIpc) is 2.68. The van der Waals surface area contributed by atoms with Gasteiger partial charge in [-0.15, -0.1) is 10.2 Å². The molecule has 0 radical (unpaired) electrons. The maximum absolute atomic E-state index is 8.89. The van der Waals surface area contributed by atoms with Crippen molar-refractivity contribution in [3.05, 3.63) is 29.6 Å². The van der Waals surface area contributed by atoms with Crippen molar-refractivity contribution in [2.75, 3.05) is 5.73 Å². The second-order valence-electron chi connectivity index (χ2n) is 4.82. The largest absolute Gasteiger partial charge is 0.398 e. The van der Waals surface area contributed by atoms with E-state index in [9.17, 15) is 0 Å². The third-order valence-electron chi connectivity index (χ3n) is 3.43. The molecule has 2 heterocycles. The van der Waals surface area contributed by atoms with Gasteiger partial charge in [0.15, 0.2) is 5.16 Å². The van der Waals surface area contributed by atoms with Crippen LogP contribution in [-0.2, 0) is 13.0 Å². The highest BCUT2D eigenvalue weighted by atomic mass is 32.2. The predicted octanol–water partition coefficient (Wildman–Crippen LogP) is 2.61. The van der Waals surface area contributed by atoms with E-state index in [1.807, 2.05) is 12.1 Å². The maximum Gasteiger partial charge on any atom is 0.196 e. The van der Waals surface area contributed by atoms with E-state index >= 15 is 0 Å². The highest BCUT2D eigenvalue weighted by Crippen LogP contribution is 2.30. The lowest BCUT2D eigenvalue weighted by molar-refractivity contribution is 0.591. The molecule has 102 valence electrons. The Hall–Kier alpha value is -2.00. The first kappa shape index (κ1) is 13.0. The standard InChI is InChI=1S/C14H15N5S/c15-9-10-5-6-11(8-12(10)16)20-14-18-17-13-4-2-1-3-7-19(13)14/h5-6,8H,1-4,7,16H2. The summed E-state index contributed by atoms with van der Waals surface area (Å²) >= 11 is 1.55. The van der Waals surface area contributed by atoms with Crippen LogP contribution in [-0.4, -0.2) is 14.8 Å². The molecule has 5 nitrogen and oxygen atoms in total. The number of hydrogen-bond acceptors (Lipinski definition) is 5. The molecule has 0 bridgehead atoms. The molecule has 2 N–H and O–H groups in total. The number of rotatable bonds is 2. The molecule has 6 heteroatoms. The summed E-state index contributed by atoms with van der Waals surface area (Å²) in [4.78, 5) is 0.987. The summed E-state index contributed by atoms with van der Waals surface area (Å²) in [6.45, 7) is 0.983. The number of aryl methyl sites for hydroxylation is 1. The van der Waals surface area contributed by atoms with Crippen LogP contribution in [0.5, 0.6) is 0 Å². The van der Waals surface area contributed by atoms with Crippen LogP contribution in [0.2, 0.25) is 0 Å². The summed E-state index contributed by atoms with van der Waals surface area (Å²) < 4.78 is 2.20. The Labute approximate surface area is 121 Å². The molecule has 3 rings (SSSR count). The lowest BCUT2D eigenvalue weighted by Gasteiger charge is -2.07. The van der Waals surface area contributed by atoms with Gasteiger partial charge in [-0.3, -0.25) is 0 Å². The number of anilines is 1. The minimum atomic E-state index is 0.508. The SMILES string of the molecule is N#Cc1ccc(Sc2nnc3n2CCCCC3)cc1N. The molecule has 1 aliphatic heterocycles. The Morgan fingerprint density at radius 3 is 2.95 bits per heavy atom. The molecule has 0 amide bonds. The minimum absolute atomic E-state index is 0.508. The maximum atomic E-state index is 8.89. The van der Waals surface area contributed by atoms with Crippen molar-refractivity contribution < 1.29 is 0 Å². The van der Waals surface area contributed by atoms with Gasteiger partial charge in [0.25, 0.3) is 0 Å². The predicted molar refractivity (Wildman–Crippen MR) is 77.3 cm³/mol. The zero-order valence-corrected chi connectivity index (χ0v) is 11.9. The van der Waals surface area contributed by atoms with E-state index < -0.39 is 0 Å². The van der Waals surface area contributed by atoms with E-state index in [4.69, 9.17) is 11.0 Å². The second kappa shape index (κ2) is 5.55. The lowest BCUT2D eigenvalue weighted by Crippen LogP contribution is -2.02. The molecule has 0 spiro atoms. The summed E-state index contributed by atoms with van der Waals surface area (Å²) in [5.74, 6) is 1.08. The average molecular weight is 285 g/mol. The van der Waals surface area contributed by atoms with Crippen molar-refractivity contribution in [1.82, 2.24) is 14.8 Å². The molecule has 20 heavy (non-hydrogen) atoms. The van der Waals surface area contributed by atoms with Gasteiger partial charge < -0.3 is 10.3 Å². The van der Waals surface area contributed by atoms with E-state index in [0.29, 0.717) is 11.3 Å². The summed E-state index contributed by atoms with van der Waals surface area (Å²) in [7, 11) is 0. The van der Waals surface area contributed by atoms with Gasteiger partial charge in [-0.2, -0.15) is 5.26 Å². The number of aromatic nitrogens is 3. The Balaban J connectivity index is 1.87. The third kappa shape index (κ3) is 2.49. The zero-order chi connectivity index (χ0) is 13.9. The normalized spacial score (nSPS) is 14.3. The lowest BCUT2D eigenvalue weighted by atomic mass is 10.2. The molecule has 1 aromatic carbocycles. The van der Waals surface area contributed by atoms with Crippen LogP contribution in [0.1, 0.15) is 30.7 Å². The molecule has 0 saturated heterocycles. The van der Waals surface area contributed by atoms with Crippen molar-refractivity contribution in [2.45, 2.75) is 42.3 Å². The number of nitrogen functional groups attached to an aromatic ring is 1. The van der Waals surface area contributed by atoms with Crippen molar-refractivity contribution in [1.29, 1.82) is 5.26 Å². The van der Waals surface area contributed by atoms with Gasteiger partial charge in [0, 0.05) is 17.9 Å². The van der Waals surface area contributed by atoms with Gasteiger partial charge in [0.2, 0.25) is 0 Å². The van der Waals surface area contributed by atoms with E-state index in [0.717, 1.165) is 28.8 Å². The number of hydrogen-bond donors (Lipinski definition) is 1. The molecular formula is C14H15N5S. The van der Waals surface area contributed by atoms with E-state index in [1.54, 1.807) is 17.8 Å². The fraction of sp³-hybridized carbons (Fsp3) is 0.357. The van der Waals surface area contributed by atoms with Gasteiger partial charge in [0.1, 0.15) is 11.9 Å². The summed E-state index contributed by atoms with van der Waals surface area (Å²) in [6, 6.07) is 7.54. The highest BCUT2D eigenvalue weighted by Gasteiger charge is 2.15. The number of fused-ring (bicyclic) bond motifs is 1. The molecule has 1 aromatic heterocycles. The van der Waals surface area contributed by atoms with E-state index in [2.05, 4.69) is 20.8 Å². The first-order valence-electron chi connectivity index (χ1n) is 6.67. The van der Waals surface area contributed by atoms with Crippen LogP contribution in [0, 0.1) is 11.3 Å². The van der Waals surface area contributed by atoms with Crippen molar-refractivity contribution in [3.8, 4) is 6.07 Å². The topological polar surface area (TPSA) is 80.5 Å². The van der Waals surface area contributed by atoms with Crippen molar-refractivity contribution in [3.63, 3.8) is 0 Å². The third-order valence-corrected chi connectivity index (χ3v) is 4.40. The molecule has 2 aromatic rings. The molecular weight excluding hydrogens is 270 g/mol. The Morgan fingerprint density at radius 2 is 2.15 bits per heavy atom. The van der Waals surface area contributed by atoms with Crippen LogP contribution < -0.4 is 5.73 Å². The second-order valence-corrected chi connectivity index (χ2v) is 5.86. The highest BCUT2D eigenvalue weighted by molar-refractivity contribution is 7.99. The zero-order valence-electron chi connectivity index (χ0n) is 11.0. The first-order chi connectivity index (χ1) is 9.78. The van der Waals surface area contributed by atoms with E-state index in [-0.39, 0.29) is 0 Å². The molecule has 0 saturated carbocycles. The fourth-order valence-corrected chi connectivity index (χ4v) is 3.27. The Bertz CT molecular complexity index is 671. The molecule has 1 aliphatic rings. The monoisotopic (exact) mass is 285 g/mol. The van der Waals surface area contributed by atoms with Gasteiger partial charge >= 0.3 is 0 Å². The summed E-state index contributed by atoms with van der Waals surface area (Å²) in [5, 5.41) is 18.4. The number of benzene rings is 1. The number of nitriles is 1. The molecule has 0 atom stereocenters. The van der Waals surface area contributed by atoms with Crippen LogP contribution in [0.4, 0.5) is 5.69 Å². The van der Waals surface area contributed by atoms with Gasteiger partial charge in [-0.05, 0) is 42.8 Å². The summed E-state index contributed by atoms with van der Waals surface area (Å²) in [6.07, 6.45) is 4.61. The van der Waals surface area contributed by atoms with Crippen molar-refractivity contribution >= 4 is 17.4 Å². The quantitative estimate of drug-likeness (QED) is 0.858. The minimum Gasteiger partial charge on any atom is -0.398 e. The smallest absolute Gasteiger partial charge is 0.196 e. The van der Waals surface area contributed by atoms with Gasteiger partial charge in [-0.1, -0.05) is 6.42 Å². The number of nitrogens with zero attached hydrogens (tertiary/aromatic N) is 4. The Kier molecular flexibility index (Phi) is 3.61. The molecule has 0 aliphatic carbocycles. The summed E-state index contributed by atoms with van der Waals surface area (Å²) in [5.41, 5.74) is 6.86. The molecule has 0 fully saturated rings. The first-order valence-corrected chi connectivity index (χ1v) is 7.49. The fourth-order valence-electron chi connectivity index (χ4n) is 2.35. The van der Waals surface area contributed by atoms with Gasteiger partial charge in [0.05, 0.1) is 11.3 Å². The van der Waals surface area contributed by atoms with Crippen LogP contribution in [0.3, 0.4) is 0 Å². The van der Waals surface area contributed by atoms with Crippen LogP contribution in [0.25, 0.3) is 0 Å². The van der Waals surface area contributed by atoms with Gasteiger partial charge in [-0.25, -0.2) is 0 Å². The Morgan fingerprint density at radius 1 is 1.25 bits per heavy atom. The molecule has 0 unspecified atom stereocenters. The number of nitrogens with two attached hydrogens (primary N) is 1.